The summed E-state index contributed by atoms with van der Waals surface area (Å²) < 4.78 is 11.6. The SMILES string of the molecule is CCOC(OCC)c1ccc2ccccc2c1C(=O)N(C)C(C)(C)C. The fourth-order valence-corrected chi connectivity index (χ4v) is 2.73. The van der Waals surface area contributed by atoms with E-state index in [1.165, 1.54) is 0 Å². The maximum Gasteiger partial charge on any atom is 0.255 e. The minimum atomic E-state index is -0.549. The molecule has 1 amide bonds. The van der Waals surface area contributed by atoms with Gasteiger partial charge in [-0.15, -0.1) is 0 Å². The van der Waals surface area contributed by atoms with Crippen molar-refractivity contribution in [3.63, 3.8) is 0 Å². The molecule has 0 heterocycles. The molecule has 0 aliphatic heterocycles. The Morgan fingerprint density at radius 1 is 1.04 bits per heavy atom. The van der Waals surface area contributed by atoms with Crippen LogP contribution >= 0.6 is 0 Å². The number of amides is 1. The number of carbonyl (C=O) groups is 1. The maximum atomic E-state index is 13.4. The van der Waals surface area contributed by atoms with E-state index in [0.717, 1.165) is 16.3 Å². The molecule has 0 saturated carbocycles. The summed E-state index contributed by atoms with van der Waals surface area (Å²) >= 11 is 0. The molecule has 0 unspecified atom stereocenters. The Kier molecular flexibility index (Phi) is 6.20. The second kappa shape index (κ2) is 7.98. The van der Waals surface area contributed by atoms with Gasteiger partial charge in [-0.05, 0) is 45.4 Å². The summed E-state index contributed by atoms with van der Waals surface area (Å²) in [6.45, 7) is 11.0. The smallest absolute Gasteiger partial charge is 0.255 e. The summed E-state index contributed by atoms with van der Waals surface area (Å²) in [6, 6.07) is 11.9. The fourth-order valence-electron chi connectivity index (χ4n) is 2.73. The summed E-state index contributed by atoms with van der Waals surface area (Å²) in [5.41, 5.74) is 1.16. The second-order valence-corrected chi connectivity index (χ2v) is 7.03. The van der Waals surface area contributed by atoms with Crippen LogP contribution in [-0.2, 0) is 9.47 Å². The first-order valence-electron chi connectivity index (χ1n) is 8.84. The molecule has 0 atom stereocenters. The van der Waals surface area contributed by atoms with Gasteiger partial charge in [0, 0.05) is 31.4 Å². The van der Waals surface area contributed by atoms with Crippen LogP contribution in [0.2, 0.25) is 0 Å². The number of benzene rings is 2. The van der Waals surface area contributed by atoms with Crippen LogP contribution in [0.4, 0.5) is 0 Å². The normalized spacial score (nSPS) is 12.0. The molecule has 2 rings (SSSR count). The fraction of sp³-hybridized carbons (Fsp3) is 0.476. The van der Waals surface area contributed by atoms with Crippen LogP contribution in [0.5, 0.6) is 0 Å². The van der Waals surface area contributed by atoms with E-state index in [0.29, 0.717) is 18.8 Å². The molecule has 4 nitrogen and oxygen atoms in total. The molecule has 0 aromatic heterocycles. The number of ether oxygens (including phenoxy) is 2. The molecule has 4 heteroatoms. The van der Waals surface area contributed by atoms with Gasteiger partial charge in [-0.3, -0.25) is 4.79 Å². The molecular formula is C21H29NO3. The van der Waals surface area contributed by atoms with E-state index in [2.05, 4.69) is 0 Å². The minimum Gasteiger partial charge on any atom is -0.349 e. The molecule has 0 N–H and O–H groups in total. The van der Waals surface area contributed by atoms with Crippen LogP contribution in [0.1, 0.15) is 56.8 Å². The lowest BCUT2D eigenvalue weighted by atomic mass is 9.95. The highest BCUT2D eigenvalue weighted by atomic mass is 16.7. The van der Waals surface area contributed by atoms with Gasteiger partial charge in [0.2, 0.25) is 0 Å². The minimum absolute atomic E-state index is 0.0243. The zero-order chi connectivity index (χ0) is 18.6. The summed E-state index contributed by atoms with van der Waals surface area (Å²) in [5, 5.41) is 1.95. The van der Waals surface area contributed by atoms with Crippen molar-refractivity contribution in [1.29, 1.82) is 0 Å². The van der Waals surface area contributed by atoms with Crippen molar-refractivity contribution in [1.82, 2.24) is 4.90 Å². The number of carbonyl (C=O) groups excluding carboxylic acids is 1. The average molecular weight is 343 g/mol. The number of nitrogens with zero attached hydrogens (tertiary/aromatic N) is 1. The van der Waals surface area contributed by atoms with Gasteiger partial charge in [0.1, 0.15) is 0 Å². The zero-order valence-electron chi connectivity index (χ0n) is 16.1. The molecule has 0 spiro atoms. The molecule has 0 saturated heterocycles. The molecule has 0 fully saturated rings. The van der Waals surface area contributed by atoms with E-state index in [4.69, 9.17) is 9.47 Å². The molecule has 0 aliphatic carbocycles. The van der Waals surface area contributed by atoms with E-state index in [1.807, 2.05) is 78.1 Å². The van der Waals surface area contributed by atoms with Crippen molar-refractivity contribution >= 4 is 16.7 Å². The largest absolute Gasteiger partial charge is 0.349 e. The number of rotatable bonds is 6. The lowest BCUT2D eigenvalue weighted by molar-refractivity contribution is -0.140. The van der Waals surface area contributed by atoms with Crippen molar-refractivity contribution in [2.75, 3.05) is 20.3 Å². The first kappa shape index (κ1) is 19.4. The Bertz CT molecular complexity index is 727. The topological polar surface area (TPSA) is 38.8 Å². The predicted molar refractivity (Wildman–Crippen MR) is 102 cm³/mol. The van der Waals surface area contributed by atoms with Crippen LogP contribution in [0.25, 0.3) is 10.8 Å². The van der Waals surface area contributed by atoms with Crippen LogP contribution < -0.4 is 0 Å². The predicted octanol–water partition coefficient (Wildman–Crippen LogP) is 4.78. The van der Waals surface area contributed by atoms with Crippen molar-refractivity contribution in [2.24, 2.45) is 0 Å². The van der Waals surface area contributed by atoms with Crippen molar-refractivity contribution in [3.05, 3.63) is 47.5 Å². The molecule has 0 radical (unpaired) electrons. The van der Waals surface area contributed by atoms with Gasteiger partial charge in [-0.25, -0.2) is 0 Å². The van der Waals surface area contributed by atoms with Crippen LogP contribution in [-0.4, -0.2) is 36.6 Å². The second-order valence-electron chi connectivity index (χ2n) is 7.03. The van der Waals surface area contributed by atoms with E-state index < -0.39 is 6.29 Å². The van der Waals surface area contributed by atoms with Crippen molar-refractivity contribution in [3.8, 4) is 0 Å². The molecule has 0 aliphatic rings. The molecule has 0 bridgehead atoms. The summed E-state index contributed by atoms with van der Waals surface area (Å²) in [4.78, 5) is 15.1. The van der Waals surface area contributed by atoms with Crippen molar-refractivity contribution < 1.29 is 14.3 Å². The summed E-state index contributed by atoms with van der Waals surface area (Å²) in [5.74, 6) is -0.0243. The zero-order valence-corrected chi connectivity index (χ0v) is 16.1. The maximum absolute atomic E-state index is 13.4. The monoisotopic (exact) mass is 343 g/mol. The van der Waals surface area contributed by atoms with E-state index in [-0.39, 0.29) is 11.4 Å². The highest BCUT2D eigenvalue weighted by molar-refractivity contribution is 6.08. The van der Waals surface area contributed by atoms with Gasteiger partial charge in [0.25, 0.3) is 5.91 Å². The summed E-state index contributed by atoms with van der Waals surface area (Å²) in [6.07, 6.45) is -0.549. The van der Waals surface area contributed by atoms with Crippen LogP contribution in [0.3, 0.4) is 0 Å². The quantitative estimate of drug-likeness (QED) is 0.708. The Balaban J connectivity index is 2.68. The molecular weight excluding hydrogens is 314 g/mol. The molecule has 2 aromatic rings. The number of hydrogen-bond acceptors (Lipinski definition) is 3. The highest BCUT2D eigenvalue weighted by Crippen LogP contribution is 2.31. The average Bonchev–Trinajstić information content (AvgIpc) is 2.58. The van der Waals surface area contributed by atoms with E-state index >= 15 is 0 Å². The van der Waals surface area contributed by atoms with Gasteiger partial charge in [-0.2, -0.15) is 0 Å². The highest BCUT2D eigenvalue weighted by Gasteiger charge is 2.29. The third-order valence-corrected chi connectivity index (χ3v) is 4.38. The molecule has 25 heavy (non-hydrogen) atoms. The lowest BCUT2D eigenvalue weighted by Crippen LogP contribution is -2.43. The lowest BCUT2D eigenvalue weighted by Gasteiger charge is -2.33. The first-order valence-corrected chi connectivity index (χ1v) is 8.84. The third-order valence-electron chi connectivity index (χ3n) is 4.38. The van der Waals surface area contributed by atoms with Crippen molar-refractivity contribution in [2.45, 2.75) is 46.4 Å². The van der Waals surface area contributed by atoms with Crippen LogP contribution in [0, 0.1) is 0 Å². The molecule has 2 aromatic carbocycles. The van der Waals surface area contributed by atoms with Crippen LogP contribution in [0.15, 0.2) is 36.4 Å². The van der Waals surface area contributed by atoms with E-state index in [9.17, 15) is 4.79 Å². The Morgan fingerprint density at radius 3 is 2.20 bits per heavy atom. The Hall–Kier alpha value is -1.91. The number of hydrogen-bond donors (Lipinski definition) is 0. The van der Waals surface area contributed by atoms with Gasteiger partial charge < -0.3 is 14.4 Å². The Labute approximate surface area is 150 Å². The first-order chi connectivity index (χ1) is 11.8. The van der Waals surface area contributed by atoms with Gasteiger partial charge >= 0.3 is 0 Å². The van der Waals surface area contributed by atoms with E-state index in [1.54, 1.807) is 4.90 Å². The molecule has 136 valence electrons. The number of fused-ring (bicyclic) bond motifs is 1. The summed E-state index contributed by atoms with van der Waals surface area (Å²) in [7, 11) is 1.84. The van der Waals surface area contributed by atoms with Gasteiger partial charge in [0.05, 0.1) is 5.56 Å². The Morgan fingerprint density at radius 2 is 1.64 bits per heavy atom. The van der Waals surface area contributed by atoms with Gasteiger partial charge in [-0.1, -0.05) is 36.4 Å². The third kappa shape index (κ3) is 4.20. The van der Waals surface area contributed by atoms with Gasteiger partial charge in [0.15, 0.2) is 6.29 Å². The standard InChI is InChI=1S/C21H29NO3/c1-7-24-20(25-8-2)17-14-13-15-11-9-10-12-16(15)18(17)19(23)22(6)21(3,4)5/h9-14,20H,7-8H2,1-6H3.